The summed E-state index contributed by atoms with van der Waals surface area (Å²) in [5.74, 6) is 1.22. The molecule has 0 spiro atoms. The van der Waals surface area contributed by atoms with Gasteiger partial charge in [0.2, 0.25) is 5.89 Å². The molecule has 1 aliphatic rings. The number of aromatic nitrogens is 4. The number of nitrogen functional groups attached to an aromatic ring is 1. The minimum atomic E-state index is -0.290. The zero-order valence-electron chi connectivity index (χ0n) is 11.1. The minimum Gasteiger partial charge on any atom is -0.395 e. The van der Waals surface area contributed by atoms with E-state index in [0.717, 1.165) is 18.5 Å². The van der Waals surface area contributed by atoms with Gasteiger partial charge in [-0.05, 0) is 19.8 Å². The van der Waals surface area contributed by atoms with Gasteiger partial charge in [0.25, 0.3) is 5.91 Å². The summed E-state index contributed by atoms with van der Waals surface area (Å²) in [4.78, 5) is 16.0. The molecule has 0 radical (unpaired) electrons. The largest absolute Gasteiger partial charge is 0.395 e. The van der Waals surface area contributed by atoms with Crippen LogP contribution in [-0.2, 0) is 6.42 Å². The van der Waals surface area contributed by atoms with E-state index in [-0.39, 0.29) is 11.6 Å². The molecule has 106 valence electrons. The van der Waals surface area contributed by atoms with E-state index in [1.165, 1.54) is 0 Å². The van der Waals surface area contributed by atoms with Gasteiger partial charge in [-0.2, -0.15) is 10.1 Å². The lowest BCUT2D eigenvalue weighted by atomic mass is 10.2. The highest BCUT2D eigenvalue weighted by Crippen LogP contribution is 2.42. The number of nitrogens with two attached hydrogens (primary N) is 1. The van der Waals surface area contributed by atoms with E-state index < -0.39 is 0 Å². The standard InChI is InChI=1S/C12H16N6O2/c1-6-15-8(20-18-6)4-5-14-12(19)11-9(13)10(16-17-11)7-2-3-7/h7H,2-5,13H2,1H3,(H,14,19)(H,16,17). The molecule has 0 unspecified atom stereocenters. The number of hydrogen-bond donors (Lipinski definition) is 3. The van der Waals surface area contributed by atoms with Crippen LogP contribution in [0.4, 0.5) is 5.69 Å². The topological polar surface area (TPSA) is 123 Å². The molecule has 1 fully saturated rings. The van der Waals surface area contributed by atoms with Crippen LogP contribution in [0.3, 0.4) is 0 Å². The predicted octanol–water partition coefficient (Wildman–Crippen LogP) is 0.533. The molecule has 1 aliphatic carbocycles. The lowest BCUT2D eigenvalue weighted by Crippen LogP contribution is -2.26. The Morgan fingerprint density at radius 2 is 2.35 bits per heavy atom. The van der Waals surface area contributed by atoms with Crippen LogP contribution in [0.1, 0.15) is 46.7 Å². The zero-order valence-corrected chi connectivity index (χ0v) is 11.1. The number of aromatic amines is 1. The van der Waals surface area contributed by atoms with Gasteiger partial charge in [-0.1, -0.05) is 5.16 Å². The van der Waals surface area contributed by atoms with Gasteiger partial charge in [0.05, 0.1) is 11.4 Å². The van der Waals surface area contributed by atoms with E-state index >= 15 is 0 Å². The molecular weight excluding hydrogens is 260 g/mol. The monoisotopic (exact) mass is 276 g/mol. The average molecular weight is 276 g/mol. The Balaban J connectivity index is 1.56. The van der Waals surface area contributed by atoms with E-state index in [1.54, 1.807) is 6.92 Å². The number of aryl methyl sites for hydroxylation is 1. The number of carbonyl (C=O) groups excluding carboxylic acids is 1. The molecule has 0 bridgehead atoms. The van der Waals surface area contributed by atoms with Crippen LogP contribution in [0.25, 0.3) is 0 Å². The molecule has 2 aromatic heterocycles. The maximum atomic E-state index is 12.0. The van der Waals surface area contributed by atoms with Crippen molar-refractivity contribution in [1.29, 1.82) is 0 Å². The Labute approximate surface area is 115 Å². The molecule has 4 N–H and O–H groups in total. The molecule has 0 aliphatic heterocycles. The number of nitrogens with one attached hydrogen (secondary N) is 2. The lowest BCUT2D eigenvalue weighted by molar-refractivity contribution is 0.0949. The van der Waals surface area contributed by atoms with Crippen LogP contribution in [0.2, 0.25) is 0 Å². The Morgan fingerprint density at radius 3 is 3.00 bits per heavy atom. The van der Waals surface area contributed by atoms with Gasteiger partial charge in [0, 0.05) is 18.9 Å². The van der Waals surface area contributed by atoms with Crippen LogP contribution in [0.5, 0.6) is 0 Å². The first-order chi connectivity index (χ1) is 9.65. The first-order valence-corrected chi connectivity index (χ1v) is 6.56. The Kier molecular flexibility index (Phi) is 3.13. The van der Waals surface area contributed by atoms with Gasteiger partial charge in [0.1, 0.15) is 0 Å². The molecule has 1 saturated carbocycles. The summed E-state index contributed by atoms with van der Waals surface area (Å²) in [5.41, 5.74) is 7.53. The van der Waals surface area contributed by atoms with Crippen molar-refractivity contribution in [3.05, 3.63) is 23.1 Å². The minimum absolute atomic E-state index is 0.258. The third-order valence-electron chi connectivity index (χ3n) is 3.23. The second kappa shape index (κ2) is 4.95. The number of rotatable bonds is 5. The molecule has 3 rings (SSSR count). The van der Waals surface area contributed by atoms with Gasteiger partial charge < -0.3 is 15.6 Å². The van der Waals surface area contributed by atoms with Crippen molar-refractivity contribution >= 4 is 11.6 Å². The fourth-order valence-electron chi connectivity index (χ4n) is 2.03. The number of H-pyrrole nitrogens is 1. The smallest absolute Gasteiger partial charge is 0.273 e. The van der Waals surface area contributed by atoms with Gasteiger partial charge in [-0.15, -0.1) is 0 Å². The molecule has 2 aromatic rings. The molecule has 20 heavy (non-hydrogen) atoms. The third kappa shape index (κ3) is 2.49. The number of carbonyl (C=O) groups is 1. The molecular formula is C12H16N6O2. The summed E-state index contributed by atoms with van der Waals surface area (Å²) < 4.78 is 4.96. The molecule has 8 heteroatoms. The molecule has 0 saturated heterocycles. The molecule has 0 aromatic carbocycles. The van der Waals surface area contributed by atoms with Crippen molar-refractivity contribution in [3.8, 4) is 0 Å². The number of nitrogens with zero attached hydrogens (tertiary/aromatic N) is 3. The van der Waals surface area contributed by atoms with Crippen LogP contribution in [0, 0.1) is 6.92 Å². The summed E-state index contributed by atoms with van der Waals surface area (Å²) in [6.07, 6.45) is 2.68. The average Bonchev–Trinajstić information content (AvgIpc) is 3.07. The Bertz CT molecular complexity index is 628. The number of amides is 1. The zero-order chi connectivity index (χ0) is 14.1. The quantitative estimate of drug-likeness (QED) is 0.732. The predicted molar refractivity (Wildman–Crippen MR) is 70.0 cm³/mol. The fourth-order valence-corrected chi connectivity index (χ4v) is 2.03. The molecule has 8 nitrogen and oxygen atoms in total. The maximum absolute atomic E-state index is 12.0. The SMILES string of the molecule is Cc1noc(CCNC(=O)c2n[nH]c(C3CC3)c2N)n1. The summed E-state index contributed by atoms with van der Waals surface area (Å²) in [6, 6.07) is 0. The second-order valence-electron chi connectivity index (χ2n) is 4.92. The maximum Gasteiger partial charge on any atom is 0.273 e. The lowest BCUT2D eigenvalue weighted by Gasteiger charge is -2.01. The fraction of sp³-hybridized carbons (Fsp3) is 0.500. The number of hydrogen-bond acceptors (Lipinski definition) is 6. The van der Waals surface area contributed by atoms with E-state index in [2.05, 4.69) is 25.7 Å². The van der Waals surface area contributed by atoms with Crippen molar-refractivity contribution in [2.45, 2.75) is 32.1 Å². The van der Waals surface area contributed by atoms with Crippen LogP contribution >= 0.6 is 0 Å². The highest BCUT2D eigenvalue weighted by Gasteiger charge is 2.30. The molecule has 1 amide bonds. The Hall–Kier alpha value is -2.38. The summed E-state index contributed by atoms with van der Waals surface area (Å²) in [6.45, 7) is 2.14. The van der Waals surface area contributed by atoms with Crippen molar-refractivity contribution in [2.75, 3.05) is 12.3 Å². The van der Waals surface area contributed by atoms with Gasteiger partial charge in [-0.25, -0.2) is 0 Å². The summed E-state index contributed by atoms with van der Waals surface area (Å²) >= 11 is 0. The first-order valence-electron chi connectivity index (χ1n) is 6.56. The molecule has 0 atom stereocenters. The van der Waals surface area contributed by atoms with Crippen molar-refractivity contribution in [3.63, 3.8) is 0 Å². The van der Waals surface area contributed by atoms with Crippen molar-refractivity contribution in [1.82, 2.24) is 25.7 Å². The highest BCUT2D eigenvalue weighted by molar-refractivity contribution is 5.97. The van der Waals surface area contributed by atoms with E-state index in [0.29, 0.717) is 36.3 Å². The molecule has 2 heterocycles. The van der Waals surface area contributed by atoms with E-state index in [4.69, 9.17) is 10.3 Å². The van der Waals surface area contributed by atoms with Gasteiger partial charge in [0.15, 0.2) is 11.5 Å². The normalized spacial score (nSPS) is 14.4. The Morgan fingerprint density at radius 1 is 1.55 bits per heavy atom. The second-order valence-corrected chi connectivity index (χ2v) is 4.92. The van der Waals surface area contributed by atoms with Crippen LogP contribution in [0.15, 0.2) is 4.52 Å². The van der Waals surface area contributed by atoms with Crippen LogP contribution in [-0.4, -0.2) is 32.8 Å². The summed E-state index contributed by atoms with van der Waals surface area (Å²) in [5, 5.41) is 13.3. The van der Waals surface area contributed by atoms with E-state index in [9.17, 15) is 4.79 Å². The van der Waals surface area contributed by atoms with Crippen molar-refractivity contribution in [2.24, 2.45) is 0 Å². The van der Waals surface area contributed by atoms with Crippen molar-refractivity contribution < 1.29 is 9.32 Å². The third-order valence-corrected chi connectivity index (χ3v) is 3.23. The van der Waals surface area contributed by atoms with Gasteiger partial charge in [-0.3, -0.25) is 9.89 Å². The van der Waals surface area contributed by atoms with E-state index in [1.807, 2.05) is 0 Å². The van der Waals surface area contributed by atoms with Gasteiger partial charge >= 0.3 is 0 Å². The highest BCUT2D eigenvalue weighted by atomic mass is 16.5. The first kappa shape index (κ1) is 12.6. The number of anilines is 1. The van der Waals surface area contributed by atoms with Crippen LogP contribution < -0.4 is 11.1 Å². The summed E-state index contributed by atoms with van der Waals surface area (Å²) in [7, 11) is 0.